The molecule has 38 heteroatoms. The van der Waals surface area contributed by atoms with Gasteiger partial charge in [-0.05, 0) is 126 Å². The highest BCUT2D eigenvalue weighted by atomic mass is 32.2. The van der Waals surface area contributed by atoms with E-state index in [1.54, 1.807) is 0 Å². The number of aryl methyl sites for hydroxylation is 2. The number of phenolic OH excluding ortho intramolecular Hbond substituents is 2. The lowest BCUT2D eigenvalue weighted by Crippen LogP contribution is -2.13. The van der Waals surface area contributed by atoms with E-state index in [0.29, 0.717) is 11.1 Å². The number of aliphatic hydroxyl groups is 2. The maximum absolute atomic E-state index is 13.0. The van der Waals surface area contributed by atoms with Gasteiger partial charge in [-0.2, -0.15) is 46.7 Å². The Morgan fingerprint density at radius 2 is 0.860 bits per heavy atom. The molecule has 93 heavy (non-hydrogen) atoms. The van der Waals surface area contributed by atoms with Gasteiger partial charge < -0.3 is 67.6 Å². The summed E-state index contributed by atoms with van der Waals surface area (Å²) in [5.74, 6) is -7.56. The van der Waals surface area contributed by atoms with Crippen molar-refractivity contribution in [2.24, 2.45) is 20.5 Å². The fourth-order valence-electron chi connectivity index (χ4n) is 9.08. The molecule has 0 amide bonds. The molecule has 17 N–H and O–H groups in total. The van der Waals surface area contributed by atoms with Crippen LogP contribution in [0.3, 0.4) is 0 Å². The van der Waals surface area contributed by atoms with Gasteiger partial charge in [0.2, 0.25) is 35.7 Å². The molecule has 0 saturated heterocycles. The van der Waals surface area contributed by atoms with Crippen LogP contribution in [0.5, 0.6) is 11.5 Å². The van der Waals surface area contributed by atoms with Gasteiger partial charge in [-0.1, -0.05) is 12.1 Å². The first-order valence-corrected chi connectivity index (χ1v) is 29.4. The van der Waals surface area contributed by atoms with Crippen LogP contribution in [0.25, 0.3) is 21.5 Å². The van der Waals surface area contributed by atoms with Crippen molar-refractivity contribution in [3.63, 3.8) is 0 Å². The highest BCUT2D eigenvalue weighted by molar-refractivity contribution is 7.86. The highest BCUT2D eigenvalue weighted by Crippen LogP contribution is 2.46. The van der Waals surface area contributed by atoms with Crippen molar-refractivity contribution in [3.05, 3.63) is 130 Å². The summed E-state index contributed by atoms with van der Waals surface area (Å²) in [6, 6.07) is 18.1. The molecule has 482 valence electrons. The third kappa shape index (κ3) is 15.5. The predicted octanol–water partition coefficient (Wildman–Crippen LogP) is 8.57. The number of phenols is 2. The van der Waals surface area contributed by atoms with Gasteiger partial charge in [0.25, 0.3) is 20.2 Å². The summed E-state index contributed by atoms with van der Waals surface area (Å²) in [6.07, 6.45) is 0. The third-order valence-electron chi connectivity index (χ3n) is 13.2. The van der Waals surface area contributed by atoms with E-state index in [-0.39, 0.29) is 139 Å². The highest BCUT2D eigenvalue weighted by Gasteiger charge is 2.25. The average Bonchev–Trinajstić information content (AvgIpc) is 0.800. The fraction of sp³-hybridized carbons (Fsp3) is 0.145. The van der Waals surface area contributed by atoms with Crippen molar-refractivity contribution in [2.75, 3.05) is 58.2 Å². The Morgan fingerprint density at radius 1 is 0.473 bits per heavy atom. The molecule has 0 aliphatic rings. The molecule has 2 heterocycles. The molecule has 0 radical (unpaired) electrons. The molecule has 0 unspecified atom stereocenters. The molecule has 0 bridgehead atoms. The van der Waals surface area contributed by atoms with Crippen molar-refractivity contribution in [2.45, 2.75) is 36.9 Å². The van der Waals surface area contributed by atoms with Gasteiger partial charge in [0, 0.05) is 29.5 Å². The number of rotatable bonds is 27. The van der Waals surface area contributed by atoms with Crippen molar-refractivity contribution >= 4 is 141 Å². The summed E-state index contributed by atoms with van der Waals surface area (Å²) >= 11 is 0. The number of nitrogens with zero attached hydrogens (tertiary/aromatic N) is 10. The second kappa shape index (κ2) is 27.8. The molecule has 0 atom stereocenters. The van der Waals surface area contributed by atoms with E-state index >= 15 is 0 Å². The quantitative estimate of drug-likeness (QED) is 0.00991. The molecule has 0 fully saturated rings. The lowest BCUT2D eigenvalue weighted by Gasteiger charge is -2.16. The molecule has 7 aromatic carbocycles. The Kier molecular flexibility index (Phi) is 19.8. The first-order chi connectivity index (χ1) is 44.2. The van der Waals surface area contributed by atoms with E-state index < -0.39 is 90.1 Å². The Labute approximate surface area is 522 Å². The predicted molar refractivity (Wildman–Crippen MR) is 328 cm³/mol. The van der Waals surface area contributed by atoms with Gasteiger partial charge in [0.1, 0.15) is 36.0 Å². The van der Waals surface area contributed by atoms with Crippen LogP contribution in [0.1, 0.15) is 53.3 Å². The number of hydrogen-bond acceptors (Lipinski definition) is 31. The molecule has 0 spiro atoms. The van der Waals surface area contributed by atoms with Crippen LogP contribution in [0, 0.1) is 13.8 Å². The van der Waals surface area contributed by atoms with Crippen molar-refractivity contribution in [1.82, 2.24) is 29.9 Å². The molecule has 2 aromatic heterocycles. The van der Waals surface area contributed by atoms with E-state index in [1.807, 2.05) is 0 Å². The minimum Gasteiger partial charge on any atom is -0.505 e. The second-order valence-corrected chi connectivity index (χ2v) is 22.5. The number of aromatic carboxylic acids is 3. The Balaban J connectivity index is 1.06. The van der Waals surface area contributed by atoms with Crippen LogP contribution in [-0.2, 0) is 43.2 Å². The SMILES string of the molecule is Cc1cc2cc(S(=O)(=O)O)cc(Nc3nc(NCCO)nc(Nc4ccc(Nc5nc(NCCO)nc(Nc6cc(S(=O)(=O)O)cc7cc(C)c(N=Nc8cc(COO)ccc8C(=O)O)c(O)c67)n5)c(C(=O)O)c4)n3)c2c(O)c1N=Nc1cc(COO)ccc1C(=O)O. The summed E-state index contributed by atoms with van der Waals surface area (Å²) in [4.78, 5) is 70.0. The van der Waals surface area contributed by atoms with Gasteiger partial charge in [0.05, 0.1) is 56.8 Å². The fourth-order valence-corrected chi connectivity index (χ4v) is 10.2. The number of benzene rings is 7. The smallest absolute Gasteiger partial charge is 0.337 e. The number of carbonyl (C=O) groups is 3. The second-order valence-electron chi connectivity index (χ2n) is 19.6. The van der Waals surface area contributed by atoms with Crippen molar-refractivity contribution in [3.8, 4) is 11.5 Å². The summed E-state index contributed by atoms with van der Waals surface area (Å²) in [7, 11) is -9.93. The van der Waals surface area contributed by atoms with E-state index in [4.69, 9.17) is 10.5 Å². The summed E-state index contributed by atoms with van der Waals surface area (Å²) in [6.45, 7) is 1.11. The largest absolute Gasteiger partial charge is 0.505 e. The van der Waals surface area contributed by atoms with Gasteiger partial charge in [-0.3, -0.25) is 19.6 Å². The van der Waals surface area contributed by atoms with Gasteiger partial charge in [-0.15, -0.1) is 20.5 Å². The van der Waals surface area contributed by atoms with E-state index in [2.05, 4.69) is 92.0 Å². The van der Waals surface area contributed by atoms with E-state index in [9.17, 15) is 76.1 Å². The number of aromatic nitrogens is 6. The van der Waals surface area contributed by atoms with Crippen LogP contribution in [0.4, 0.5) is 81.2 Å². The average molecular weight is 1320 g/mol. The Morgan fingerprint density at radius 3 is 1.24 bits per heavy atom. The number of fused-ring (bicyclic) bond motifs is 2. The minimum atomic E-state index is -4.97. The number of nitrogens with one attached hydrogen (secondary N) is 6. The zero-order chi connectivity index (χ0) is 67.1. The van der Waals surface area contributed by atoms with Gasteiger partial charge >= 0.3 is 17.9 Å². The molecule has 9 rings (SSSR count). The summed E-state index contributed by atoms with van der Waals surface area (Å²) in [5, 5.41) is 124. The first-order valence-electron chi connectivity index (χ1n) is 26.6. The number of carboxylic acids is 3. The number of hydrogen-bond donors (Lipinski definition) is 17. The van der Waals surface area contributed by atoms with Crippen LogP contribution < -0.4 is 31.9 Å². The normalized spacial score (nSPS) is 11.8. The number of aliphatic hydroxyl groups excluding tert-OH is 2. The number of azo groups is 2. The zero-order valence-corrected chi connectivity index (χ0v) is 49.4. The Hall–Kier alpha value is -11.3. The zero-order valence-electron chi connectivity index (χ0n) is 47.8. The molecule has 0 saturated carbocycles. The number of anilines is 10. The maximum Gasteiger partial charge on any atom is 0.337 e. The first kappa shape index (κ1) is 66.1. The molecule has 36 nitrogen and oxygen atoms in total. The van der Waals surface area contributed by atoms with Gasteiger partial charge in [0.15, 0.2) is 11.5 Å². The topological polar surface area (TPSA) is 559 Å². The molecule has 0 aliphatic heterocycles. The molecular formula is C55H50N16O20S2. The standard InChI is InChI=1S/C55H50N16O20S2/c1-24-13-28-17-31(92(84,85)86)20-39(41(28)45(74)43(24)70-68-37-15-26(22-90-82)3-6-33(37)47(76)77)60-54-64-50(56-9-11-72)62-52(66-54)58-30-5-8-36(35(19-30)49(80)81)59-53-63-51(57-10-12-73)65-55(67-53)61-40-21-32(93(87,88)89)18-29-14-25(2)44(46(75)42(29)40)71-69-38-16-27(23-91-83)4-7-34(38)48(78)79/h3-8,13-21,72-75,82-83H,9-12,22-23H2,1-2H3,(H,76,77)(H,78,79)(H,80,81)(H,84,85,86)(H,87,88,89)(H3,56,58,60,62,64,66)(H3,57,59,61,63,65,67). The van der Waals surface area contributed by atoms with Crippen molar-refractivity contribution < 1.29 is 96.4 Å². The van der Waals surface area contributed by atoms with Crippen LogP contribution >= 0.6 is 0 Å². The third-order valence-corrected chi connectivity index (χ3v) is 14.8. The monoisotopic (exact) mass is 1320 g/mol. The van der Waals surface area contributed by atoms with Crippen LogP contribution in [0.15, 0.2) is 121 Å². The lowest BCUT2D eigenvalue weighted by atomic mass is 10.0. The molecule has 0 aliphatic carbocycles. The molecular weight excluding hydrogens is 1270 g/mol. The van der Waals surface area contributed by atoms with Crippen LogP contribution in [0.2, 0.25) is 0 Å². The van der Waals surface area contributed by atoms with Crippen LogP contribution in [-0.4, -0.2) is 146 Å². The number of aromatic hydroxyl groups is 2. The van der Waals surface area contributed by atoms with Crippen molar-refractivity contribution in [1.29, 1.82) is 0 Å². The van der Waals surface area contributed by atoms with Gasteiger partial charge in [-0.25, -0.2) is 24.2 Å². The minimum absolute atomic E-state index is 0.000575. The van der Waals surface area contributed by atoms with E-state index in [0.717, 1.165) is 30.3 Å². The Bertz CT molecular complexity index is 4780. The molecule has 9 aromatic rings. The number of carboxylic acid groups (broad SMARTS) is 3. The van der Waals surface area contributed by atoms with E-state index in [1.165, 1.54) is 74.5 Å². The maximum atomic E-state index is 13.0. The summed E-state index contributed by atoms with van der Waals surface area (Å²) in [5.41, 5.74) is -1.67. The summed E-state index contributed by atoms with van der Waals surface area (Å²) < 4.78 is 71.0. The lowest BCUT2D eigenvalue weighted by molar-refractivity contribution is -0.253.